The number of carbonyl (C=O) groups excluding carboxylic acids is 1. The Morgan fingerprint density at radius 1 is 0.919 bits per heavy atom. The molecule has 194 valence electrons. The van der Waals surface area contributed by atoms with Crippen molar-refractivity contribution in [1.82, 2.24) is 5.32 Å². The highest BCUT2D eigenvalue weighted by atomic mass is 16.7. The van der Waals surface area contributed by atoms with Gasteiger partial charge in [0.25, 0.3) is 5.91 Å². The third-order valence-corrected chi connectivity index (χ3v) is 7.43. The van der Waals surface area contributed by atoms with E-state index in [0.29, 0.717) is 17.2 Å². The van der Waals surface area contributed by atoms with Crippen molar-refractivity contribution >= 4 is 22.6 Å². The molecular weight excluding hydrogens is 470 g/mol. The van der Waals surface area contributed by atoms with Gasteiger partial charge in [0.05, 0.1) is 5.92 Å². The predicted octanol–water partition coefficient (Wildman–Crippen LogP) is 5.64. The van der Waals surface area contributed by atoms with Crippen LogP contribution in [0.3, 0.4) is 0 Å². The summed E-state index contributed by atoms with van der Waals surface area (Å²) in [5.41, 5.74) is 1.73. The second-order valence-corrected chi connectivity index (χ2v) is 10.0. The number of carbonyl (C=O) groups is 2. The molecule has 5 rings (SSSR count). The van der Waals surface area contributed by atoms with E-state index >= 15 is 0 Å². The number of amides is 1. The number of ether oxygens (including phenoxy) is 3. The topological polar surface area (TPSA) is 94.1 Å². The zero-order valence-corrected chi connectivity index (χ0v) is 21.1. The molecule has 0 radical (unpaired) electrons. The molecule has 7 nitrogen and oxygen atoms in total. The summed E-state index contributed by atoms with van der Waals surface area (Å²) < 4.78 is 16.8. The Hall–Kier alpha value is -3.74. The molecule has 2 atom stereocenters. The molecule has 1 heterocycles. The van der Waals surface area contributed by atoms with Gasteiger partial charge in [-0.05, 0) is 59.0 Å². The van der Waals surface area contributed by atoms with Crippen molar-refractivity contribution in [2.24, 2.45) is 5.92 Å². The molecule has 3 aromatic carbocycles. The lowest BCUT2D eigenvalue weighted by Gasteiger charge is -2.23. The van der Waals surface area contributed by atoms with Crippen LogP contribution in [0.15, 0.2) is 54.6 Å². The quantitative estimate of drug-likeness (QED) is 0.387. The minimum Gasteiger partial charge on any atom is -0.484 e. The minimum atomic E-state index is -0.875. The zero-order chi connectivity index (χ0) is 25.8. The molecule has 1 aliphatic carbocycles. The van der Waals surface area contributed by atoms with Crippen molar-refractivity contribution in [2.45, 2.75) is 57.4 Å². The van der Waals surface area contributed by atoms with Gasteiger partial charge < -0.3 is 24.6 Å². The van der Waals surface area contributed by atoms with Crippen LogP contribution in [0.1, 0.15) is 62.5 Å². The van der Waals surface area contributed by atoms with Crippen LogP contribution in [-0.4, -0.2) is 36.4 Å². The van der Waals surface area contributed by atoms with E-state index < -0.39 is 11.9 Å². The summed E-state index contributed by atoms with van der Waals surface area (Å²) in [6.07, 6.45) is 6.86. The van der Waals surface area contributed by atoms with Gasteiger partial charge in [-0.1, -0.05) is 62.9 Å². The van der Waals surface area contributed by atoms with Gasteiger partial charge in [0, 0.05) is 12.0 Å². The van der Waals surface area contributed by atoms with Crippen LogP contribution in [-0.2, 0) is 9.59 Å². The summed E-state index contributed by atoms with van der Waals surface area (Å²) in [5.74, 6) is -0.131. The standard InChI is InChI=1S/C30H33NO6/c1-19(30(33)34)29(22-11-13-26-27(16-22)37-18-36-26)21-9-8-20-10-12-25(15-23(20)14-21)35-17-28(32)31-24-6-4-2-3-5-7-24/h8-16,19,24,29H,2-7,17-18H2,1H3,(H,31,32)(H,33,34). The van der Waals surface area contributed by atoms with Gasteiger partial charge in [-0.2, -0.15) is 0 Å². The lowest BCUT2D eigenvalue weighted by molar-refractivity contribution is -0.141. The highest BCUT2D eigenvalue weighted by Gasteiger charge is 2.29. The number of rotatable bonds is 8. The first-order chi connectivity index (χ1) is 18.0. The summed E-state index contributed by atoms with van der Waals surface area (Å²) >= 11 is 0. The Balaban J connectivity index is 1.35. The number of carboxylic acid groups (broad SMARTS) is 1. The SMILES string of the molecule is CC(C(=O)O)C(c1ccc2c(c1)OCO2)c1ccc2ccc(OCC(=O)NC3CCCCCC3)cc2c1. The molecule has 0 saturated heterocycles. The van der Waals surface area contributed by atoms with Gasteiger partial charge >= 0.3 is 5.97 Å². The Morgan fingerprint density at radius 2 is 1.62 bits per heavy atom. The summed E-state index contributed by atoms with van der Waals surface area (Å²) in [4.78, 5) is 24.5. The summed E-state index contributed by atoms with van der Waals surface area (Å²) in [7, 11) is 0. The number of aliphatic carboxylic acids is 1. The van der Waals surface area contributed by atoms with Gasteiger partial charge in [-0.25, -0.2) is 0 Å². The van der Waals surface area contributed by atoms with Crippen LogP contribution in [0.4, 0.5) is 0 Å². The first-order valence-corrected chi connectivity index (χ1v) is 13.1. The molecule has 0 aromatic heterocycles. The first kappa shape index (κ1) is 24.9. The van der Waals surface area contributed by atoms with E-state index in [1.807, 2.05) is 54.6 Å². The monoisotopic (exact) mass is 503 g/mol. The Morgan fingerprint density at radius 3 is 2.41 bits per heavy atom. The average Bonchev–Trinajstić information content (AvgIpc) is 3.22. The fourth-order valence-electron chi connectivity index (χ4n) is 5.39. The third kappa shape index (κ3) is 5.82. The lowest BCUT2D eigenvalue weighted by atomic mass is 9.81. The van der Waals surface area contributed by atoms with Gasteiger partial charge in [-0.15, -0.1) is 0 Å². The number of hydrogen-bond donors (Lipinski definition) is 2. The van der Waals surface area contributed by atoms with Crippen LogP contribution in [0.5, 0.6) is 17.2 Å². The number of carboxylic acids is 1. The molecule has 1 aliphatic heterocycles. The summed E-state index contributed by atoms with van der Waals surface area (Å²) in [6.45, 7) is 1.85. The Labute approximate surface area is 216 Å². The smallest absolute Gasteiger partial charge is 0.307 e. The van der Waals surface area contributed by atoms with E-state index in [-0.39, 0.29) is 31.3 Å². The van der Waals surface area contributed by atoms with E-state index in [1.165, 1.54) is 12.8 Å². The molecule has 2 N–H and O–H groups in total. The zero-order valence-electron chi connectivity index (χ0n) is 21.1. The van der Waals surface area contributed by atoms with Gasteiger partial charge in [0.1, 0.15) is 5.75 Å². The van der Waals surface area contributed by atoms with Gasteiger partial charge in [0.15, 0.2) is 18.1 Å². The van der Waals surface area contributed by atoms with Crippen molar-refractivity contribution in [1.29, 1.82) is 0 Å². The van der Waals surface area contributed by atoms with E-state index in [9.17, 15) is 14.7 Å². The fourth-order valence-corrected chi connectivity index (χ4v) is 5.39. The van der Waals surface area contributed by atoms with E-state index in [4.69, 9.17) is 14.2 Å². The van der Waals surface area contributed by atoms with Crippen molar-refractivity contribution in [3.05, 3.63) is 65.7 Å². The van der Waals surface area contributed by atoms with E-state index in [1.54, 1.807) is 6.92 Å². The lowest BCUT2D eigenvalue weighted by Crippen LogP contribution is -2.37. The second kappa shape index (κ2) is 11.1. The van der Waals surface area contributed by atoms with Crippen molar-refractivity contribution < 1.29 is 28.9 Å². The third-order valence-electron chi connectivity index (χ3n) is 7.43. The summed E-state index contributed by atoms with van der Waals surface area (Å²) in [6, 6.07) is 17.5. The van der Waals surface area contributed by atoms with E-state index in [2.05, 4.69) is 5.32 Å². The molecule has 3 aromatic rings. The number of hydrogen-bond acceptors (Lipinski definition) is 5. The van der Waals surface area contributed by atoms with Crippen LogP contribution in [0.25, 0.3) is 10.8 Å². The highest BCUT2D eigenvalue weighted by molar-refractivity contribution is 5.85. The first-order valence-electron chi connectivity index (χ1n) is 13.1. The second-order valence-electron chi connectivity index (χ2n) is 10.0. The maximum Gasteiger partial charge on any atom is 0.307 e. The maximum atomic E-state index is 12.5. The average molecular weight is 504 g/mol. The molecule has 7 heteroatoms. The van der Waals surface area contributed by atoms with Crippen LogP contribution in [0.2, 0.25) is 0 Å². The van der Waals surface area contributed by atoms with Crippen molar-refractivity contribution in [3.63, 3.8) is 0 Å². The molecule has 2 aliphatic rings. The van der Waals surface area contributed by atoms with Crippen LogP contribution >= 0.6 is 0 Å². The molecule has 0 spiro atoms. The molecule has 2 unspecified atom stereocenters. The molecule has 37 heavy (non-hydrogen) atoms. The molecular formula is C30H33NO6. The van der Waals surface area contributed by atoms with Crippen LogP contribution < -0.4 is 19.5 Å². The van der Waals surface area contributed by atoms with Crippen molar-refractivity contribution in [3.8, 4) is 17.2 Å². The molecule has 1 amide bonds. The number of benzene rings is 3. The van der Waals surface area contributed by atoms with E-state index in [0.717, 1.165) is 47.6 Å². The van der Waals surface area contributed by atoms with Gasteiger partial charge in [-0.3, -0.25) is 9.59 Å². The minimum absolute atomic E-state index is 0.0302. The Kier molecular flexibility index (Phi) is 7.49. The van der Waals surface area contributed by atoms with Crippen LogP contribution in [0, 0.1) is 5.92 Å². The maximum absolute atomic E-state index is 12.5. The highest BCUT2D eigenvalue weighted by Crippen LogP contribution is 2.40. The summed E-state index contributed by atoms with van der Waals surface area (Å²) in [5, 5.41) is 14.9. The molecule has 1 fully saturated rings. The number of nitrogens with one attached hydrogen (secondary N) is 1. The largest absolute Gasteiger partial charge is 0.484 e. The molecule has 1 saturated carbocycles. The van der Waals surface area contributed by atoms with Crippen molar-refractivity contribution in [2.75, 3.05) is 13.4 Å². The predicted molar refractivity (Wildman–Crippen MR) is 140 cm³/mol. The normalized spacial score (nSPS) is 17.1. The van der Waals surface area contributed by atoms with Gasteiger partial charge in [0.2, 0.25) is 6.79 Å². The fraction of sp³-hybridized carbons (Fsp3) is 0.400. The molecule has 0 bridgehead atoms. The number of fused-ring (bicyclic) bond motifs is 2. The Bertz CT molecular complexity index is 1280.